The fraction of sp³-hybridized carbons (Fsp3) is 0.900. The molecule has 6 heteroatoms. The Labute approximate surface area is 92.6 Å². The molecule has 1 aliphatic heterocycles. The Morgan fingerprint density at radius 3 is 2.75 bits per heavy atom. The monoisotopic (exact) mass is 236 g/mol. The van der Waals surface area contributed by atoms with Crippen molar-refractivity contribution in [3.63, 3.8) is 0 Å². The Kier molecular flexibility index (Phi) is 4.56. The second kappa shape index (κ2) is 5.51. The van der Waals surface area contributed by atoms with Crippen LogP contribution in [0.3, 0.4) is 0 Å². The van der Waals surface area contributed by atoms with E-state index < -0.39 is 12.1 Å². The van der Waals surface area contributed by atoms with Gasteiger partial charge in [-0.25, -0.2) is 0 Å². The minimum Gasteiger partial charge on any atom is -0.378 e. The molecule has 1 N–H and O–H groups in total. The average Bonchev–Trinajstić information content (AvgIpc) is 2.16. The summed E-state index contributed by atoms with van der Waals surface area (Å²) in [6.07, 6.45) is -2.99. The average molecular weight is 236 g/mol. The van der Waals surface area contributed by atoms with Crippen LogP contribution in [0.5, 0.6) is 0 Å². The Morgan fingerprint density at radius 2 is 2.25 bits per heavy atom. The molecular weight excluding hydrogens is 221 g/mol. The minimum atomic E-state index is -4.45. The first-order valence-electron chi connectivity index (χ1n) is 5.24. The predicted molar refractivity (Wildman–Crippen MR) is 51.6 cm³/mol. The zero-order valence-corrected chi connectivity index (χ0v) is 9.05. The predicted octanol–water partition coefficient (Wildman–Crippen LogP) is 1.85. The first-order valence-corrected chi connectivity index (χ1v) is 5.24. The van der Waals surface area contributed by atoms with Crippen LogP contribution in [0, 0.1) is 17.2 Å². The standard InChI is InChI=1S/C10H15F3N2O/c1-7-4-9(2-3-16-7)15-6-8(5-14)10(11,12)13/h7-9,15H,2-4,6H2,1H3. The summed E-state index contributed by atoms with van der Waals surface area (Å²) in [5.74, 6) is -1.93. The van der Waals surface area contributed by atoms with Gasteiger partial charge in [-0.15, -0.1) is 0 Å². The lowest BCUT2D eigenvalue weighted by Gasteiger charge is -2.28. The third-order valence-corrected chi connectivity index (χ3v) is 2.65. The number of hydrogen-bond donors (Lipinski definition) is 1. The molecule has 1 fully saturated rings. The molecule has 0 aromatic heterocycles. The summed E-state index contributed by atoms with van der Waals surface area (Å²) in [7, 11) is 0. The molecule has 0 amide bonds. The maximum atomic E-state index is 12.3. The van der Waals surface area contributed by atoms with E-state index >= 15 is 0 Å². The molecule has 16 heavy (non-hydrogen) atoms. The highest BCUT2D eigenvalue weighted by atomic mass is 19.4. The summed E-state index contributed by atoms with van der Waals surface area (Å²) < 4.78 is 42.1. The highest BCUT2D eigenvalue weighted by Crippen LogP contribution is 2.25. The number of ether oxygens (including phenoxy) is 1. The quantitative estimate of drug-likeness (QED) is 0.813. The molecule has 0 aromatic rings. The third-order valence-electron chi connectivity index (χ3n) is 2.65. The molecular formula is C10H15F3N2O. The number of nitriles is 1. The summed E-state index contributed by atoms with van der Waals surface area (Å²) in [6.45, 7) is 2.11. The number of nitrogens with zero attached hydrogens (tertiary/aromatic N) is 1. The van der Waals surface area contributed by atoms with E-state index in [1.54, 1.807) is 0 Å². The first-order chi connectivity index (χ1) is 7.43. The van der Waals surface area contributed by atoms with Crippen LogP contribution in [-0.2, 0) is 4.74 Å². The Balaban J connectivity index is 2.36. The molecule has 1 heterocycles. The number of alkyl halides is 3. The molecule has 0 bridgehead atoms. The second-order valence-corrected chi connectivity index (χ2v) is 4.03. The van der Waals surface area contributed by atoms with Gasteiger partial charge in [-0.3, -0.25) is 0 Å². The van der Waals surface area contributed by atoms with Gasteiger partial charge in [0, 0.05) is 19.2 Å². The van der Waals surface area contributed by atoms with E-state index in [1.807, 2.05) is 6.92 Å². The topological polar surface area (TPSA) is 45.0 Å². The summed E-state index contributed by atoms with van der Waals surface area (Å²) in [4.78, 5) is 0. The van der Waals surface area contributed by atoms with Gasteiger partial charge in [-0.2, -0.15) is 18.4 Å². The van der Waals surface area contributed by atoms with Crippen molar-refractivity contribution in [2.45, 2.75) is 38.1 Å². The summed E-state index contributed by atoms with van der Waals surface area (Å²) in [6, 6.07) is 1.29. The van der Waals surface area contributed by atoms with E-state index in [9.17, 15) is 13.2 Å². The van der Waals surface area contributed by atoms with Crippen molar-refractivity contribution in [3.05, 3.63) is 0 Å². The van der Waals surface area contributed by atoms with Crippen molar-refractivity contribution in [2.75, 3.05) is 13.2 Å². The van der Waals surface area contributed by atoms with Gasteiger partial charge in [0.25, 0.3) is 0 Å². The van der Waals surface area contributed by atoms with Gasteiger partial charge in [-0.05, 0) is 19.8 Å². The second-order valence-electron chi connectivity index (χ2n) is 4.03. The molecule has 0 radical (unpaired) electrons. The van der Waals surface area contributed by atoms with E-state index in [-0.39, 0.29) is 18.7 Å². The molecule has 92 valence electrons. The van der Waals surface area contributed by atoms with Crippen molar-refractivity contribution in [1.29, 1.82) is 5.26 Å². The Bertz CT molecular complexity index is 262. The fourth-order valence-corrected chi connectivity index (χ4v) is 1.70. The maximum absolute atomic E-state index is 12.3. The molecule has 0 spiro atoms. The molecule has 0 aromatic carbocycles. The van der Waals surface area contributed by atoms with Gasteiger partial charge in [0.2, 0.25) is 0 Å². The lowest BCUT2D eigenvalue weighted by Crippen LogP contribution is -2.42. The normalized spacial score (nSPS) is 28.4. The number of hydrogen-bond acceptors (Lipinski definition) is 3. The molecule has 3 atom stereocenters. The van der Waals surface area contributed by atoms with Crippen molar-refractivity contribution in [2.24, 2.45) is 5.92 Å². The van der Waals surface area contributed by atoms with Crippen LogP contribution < -0.4 is 5.32 Å². The first kappa shape index (κ1) is 13.3. The number of nitrogens with one attached hydrogen (secondary N) is 1. The summed E-state index contributed by atoms with van der Waals surface area (Å²) >= 11 is 0. The van der Waals surface area contributed by atoms with Crippen LogP contribution in [0.4, 0.5) is 13.2 Å². The van der Waals surface area contributed by atoms with Crippen molar-refractivity contribution in [1.82, 2.24) is 5.32 Å². The highest BCUT2D eigenvalue weighted by molar-refractivity contribution is 4.91. The van der Waals surface area contributed by atoms with Crippen molar-refractivity contribution in [3.8, 4) is 6.07 Å². The van der Waals surface area contributed by atoms with E-state index in [1.165, 1.54) is 6.07 Å². The van der Waals surface area contributed by atoms with Crippen LogP contribution >= 0.6 is 0 Å². The summed E-state index contributed by atoms with van der Waals surface area (Å²) in [5.41, 5.74) is 0. The van der Waals surface area contributed by atoms with E-state index in [2.05, 4.69) is 5.32 Å². The molecule has 0 aliphatic carbocycles. The molecule has 1 saturated heterocycles. The van der Waals surface area contributed by atoms with E-state index in [4.69, 9.17) is 10.00 Å². The Morgan fingerprint density at radius 1 is 1.56 bits per heavy atom. The van der Waals surface area contributed by atoms with Gasteiger partial charge in [-0.1, -0.05) is 0 Å². The SMILES string of the molecule is CC1CC(NCC(C#N)C(F)(F)F)CCO1. The van der Waals surface area contributed by atoms with Crippen molar-refractivity contribution < 1.29 is 17.9 Å². The minimum absolute atomic E-state index is 0.0157. The Hall–Kier alpha value is -0.800. The zero-order valence-electron chi connectivity index (χ0n) is 9.05. The third kappa shape index (κ3) is 3.99. The van der Waals surface area contributed by atoms with Crippen LogP contribution in [0.1, 0.15) is 19.8 Å². The zero-order chi connectivity index (χ0) is 12.2. The molecule has 0 saturated carbocycles. The smallest absolute Gasteiger partial charge is 0.378 e. The van der Waals surface area contributed by atoms with Gasteiger partial charge in [0.05, 0.1) is 12.2 Å². The van der Waals surface area contributed by atoms with Gasteiger partial charge < -0.3 is 10.1 Å². The van der Waals surface area contributed by atoms with Crippen LogP contribution in [0.15, 0.2) is 0 Å². The molecule has 1 aliphatic rings. The number of halogens is 3. The maximum Gasteiger partial charge on any atom is 0.405 e. The molecule has 3 unspecified atom stereocenters. The number of rotatable bonds is 3. The highest BCUT2D eigenvalue weighted by Gasteiger charge is 2.40. The summed E-state index contributed by atoms with van der Waals surface area (Å²) in [5, 5.41) is 11.2. The fourth-order valence-electron chi connectivity index (χ4n) is 1.70. The van der Waals surface area contributed by atoms with E-state index in [0.717, 1.165) is 0 Å². The van der Waals surface area contributed by atoms with Crippen LogP contribution in [-0.4, -0.2) is 31.5 Å². The lowest BCUT2D eigenvalue weighted by molar-refractivity contribution is -0.158. The molecule has 3 nitrogen and oxygen atoms in total. The van der Waals surface area contributed by atoms with E-state index in [0.29, 0.717) is 19.4 Å². The van der Waals surface area contributed by atoms with Crippen LogP contribution in [0.25, 0.3) is 0 Å². The lowest BCUT2D eigenvalue weighted by atomic mass is 10.0. The van der Waals surface area contributed by atoms with Gasteiger partial charge in [0.15, 0.2) is 5.92 Å². The van der Waals surface area contributed by atoms with Crippen LogP contribution in [0.2, 0.25) is 0 Å². The van der Waals surface area contributed by atoms with Gasteiger partial charge in [0.1, 0.15) is 0 Å². The largest absolute Gasteiger partial charge is 0.405 e. The van der Waals surface area contributed by atoms with Gasteiger partial charge >= 0.3 is 6.18 Å². The molecule has 1 rings (SSSR count). The van der Waals surface area contributed by atoms with Crippen molar-refractivity contribution >= 4 is 0 Å².